The molecule has 22 heavy (non-hydrogen) atoms. The van der Waals surface area contributed by atoms with Crippen LogP contribution in [0, 0.1) is 0 Å². The maximum Gasteiger partial charge on any atom is 0.390 e. The van der Waals surface area contributed by atoms with E-state index in [-0.39, 0.29) is 11.3 Å². The Morgan fingerprint density at radius 3 is 2.36 bits per heavy atom. The van der Waals surface area contributed by atoms with E-state index in [0.717, 1.165) is 0 Å². The molecule has 3 nitrogen and oxygen atoms in total. The first-order valence-corrected chi connectivity index (χ1v) is 6.92. The first kappa shape index (κ1) is 17.0. The van der Waals surface area contributed by atoms with E-state index < -0.39 is 25.3 Å². The summed E-state index contributed by atoms with van der Waals surface area (Å²) in [6, 6.07) is 4.64. The molecule has 0 radical (unpaired) electrons. The van der Waals surface area contributed by atoms with Gasteiger partial charge in [0, 0.05) is 37.8 Å². The van der Waals surface area contributed by atoms with Crippen LogP contribution < -0.4 is 10.1 Å². The highest BCUT2D eigenvalue weighted by atomic mass is 19.4. The number of para-hydroxylation sites is 1. The molecule has 0 aromatic heterocycles. The van der Waals surface area contributed by atoms with Gasteiger partial charge in [-0.05, 0) is 6.07 Å². The van der Waals surface area contributed by atoms with Crippen molar-refractivity contribution in [1.82, 2.24) is 10.2 Å². The summed E-state index contributed by atoms with van der Waals surface area (Å²) in [6.07, 6.45) is -5.50. The molecular formula is C14H17F5N2O. The third-order valence-electron chi connectivity index (χ3n) is 3.51. The molecule has 1 N–H and O–H groups in total. The molecule has 8 heteroatoms. The second-order valence-corrected chi connectivity index (χ2v) is 5.04. The van der Waals surface area contributed by atoms with Gasteiger partial charge < -0.3 is 10.1 Å². The predicted octanol–water partition coefficient (Wildman–Crippen LogP) is 3.19. The van der Waals surface area contributed by atoms with Crippen LogP contribution in [0.1, 0.15) is 18.0 Å². The van der Waals surface area contributed by atoms with Crippen LogP contribution in [0.3, 0.4) is 0 Å². The fraction of sp³-hybridized carbons (Fsp3) is 0.571. The Balaban J connectivity index is 2.31. The minimum absolute atomic E-state index is 0.141. The van der Waals surface area contributed by atoms with Gasteiger partial charge >= 0.3 is 12.8 Å². The van der Waals surface area contributed by atoms with Gasteiger partial charge in [0.1, 0.15) is 5.75 Å². The minimum Gasteiger partial charge on any atom is -0.434 e. The quantitative estimate of drug-likeness (QED) is 0.842. The van der Waals surface area contributed by atoms with Crippen molar-refractivity contribution in [3.05, 3.63) is 29.8 Å². The zero-order valence-corrected chi connectivity index (χ0v) is 11.7. The van der Waals surface area contributed by atoms with Crippen molar-refractivity contribution in [2.45, 2.75) is 25.3 Å². The van der Waals surface area contributed by atoms with E-state index in [1.807, 2.05) is 0 Å². The number of nitrogens with zero attached hydrogens (tertiary/aromatic N) is 1. The van der Waals surface area contributed by atoms with Crippen molar-refractivity contribution in [1.29, 1.82) is 0 Å². The summed E-state index contributed by atoms with van der Waals surface area (Å²) in [6.45, 7) is -1.11. The summed E-state index contributed by atoms with van der Waals surface area (Å²) in [7, 11) is 0. The molecule has 0 aliphatic carbocycles. The van der Waals surface area contributed by atoms with Gasteiger partial charge in [0.05, 0.1) is 6.42 Å². The molecule has 0 amide bonds. The zero-order chi connectivity index (χ0) is 16.2. The summed E-state index contributed by atoms with van der Waals surface area (Å²) in [5.74, 6) is -0.203. The molecule has 0 unspecified atom stereocenters. The third-order valence-corrected chi connectivity index (χ3v) is 3.51. The van der Waals surface area contributed by atoms with Crippen LogP contribution in [0.25, 0.3) is 0 Å². The second kappa shape index (κ2) is 7.23. The molecule has 1 atom stereocenters. The number of piperazine rings is 1. The number of hydrogen-bond donors (Lipinski definition) is 1. The smallest absolute Gasteiger partial charge is 0.390 e. The molecule has 1 aliphatic heterocycles. The Bertz CT molecular complexity index is 475. The largest absolute Gasteiger partial charge is 0.434 e. The number of rotatable bonds is 5. The average molecular weight is 324 g/mol. The monoisotopic (exact) mass is 324 g/mol. The van der Waals surface area contributed by atoms with Crippen LogP contribution in [0.2, 0.25) is 0 Å². The van der Waals surface area contributed by atoms with E-state index in [1.54, 1.807) is 4.90 Å². The van der Waals surface area contributed by atoms with Gasteiger partial charge in [0.2, 0.25) is 0 Å². The molecule has 0 bridgehead atoms. The van der Waals surface area contributed by atoms with Crippen molar-refractivity contribution in [3.8, 4) is 5.75 Å². The SMILES string of the molecule is FC(F)Oc1ccccc1[C@@H](CC(F)(F)F)N1CCNCC1. The first-order valence-electron chi connectivity index (χ1n) is 6.92. The number of alkyl halides is 5. The van der Waals surface area contributed by atoms with Crippen LogP contribution in [0.15, 0.2) is 24.3 Å². The normalized spacial score (nSPS) is 18.5. The lowest BCUT2D eigenvalue weighted by molar-refractivity contribution is -0.149. The minimum atomic E-state index is -4.40. The van der Waals surface area contributed by atoms with E-state index >= 15 is 0 Å². The Labute approximate surface area is 125 Å². The van der Waals surface area contributed by atoms with Crippen LogP contribution >= 0.6 is 0 Å². The number of hydrogen-bond acceptors (Lipinski definition) is 3. The van der Waals surface area contributed by atoms with Crippen LogP contribution in [-0.4, -0.2) is 43.9 Å². The molecule has 1 saturated heterocycles. The highest BCUT2D eigenvalue weighted by molar-refractivity contribution is 5.36. The lowest BCUT2D eigenvalue weighted by atomic mass is 9.99. The first-order chi connectivity index (χ1) is 10.4. The molecule has 0 saturated carbocycles. The van der Waals surface area contributed by atoms with Crippen LogP contribution in [-0.2, 0) is 0 Å². The lowest BCUT2D eigenvalue weighted by Crippen LogP contribution is -2.46. The lowest BCUT2D eigenvalue weighted by Gasteiger charge is -2.36. The Kier molecular flexibility index (Phi) is 5.57. The summed E-state index contributed by atoms with van der Waals surface area (Å²) in [5, 5.41) is 3.06. The van der Waals surface area contributed by atoms with E-state index in [1.165, 1.54) is 24.3 Å². The molecular weight excluding hydrogens is 307 g/mol. The van der Waals surface area contributed by atoms with Gasteiger partial charge in [0.25, 0.3) is 0 Å². The van der Waals surface area contributed by atoms with Gasteiger partial charge in [-0.1, -0.05) is 18.2 Å². The maximum absolute atomic E-state index is 12.9. The highest BCUT2D eigenvalue weighted by Crippen LogP contribution is 2.38. The van der Waals surface area contributed by atoms with Gasteiger partial charge in [-0.2, -0.15) is 22.0 Å². The standard InChI is InChI=1S/C14H17F5N2O/c15-13(16)22-12-4-2-1-3-10(12)11(9-14(17,18)19)21-7-5-20-6-8-21/h1-4,11,13,20H,5-9H2/t11-/m1/s1. The molecule has 1 aromatic carbocycles. The van der Waals surface area contributed by atoms with Gasteiger partial charge in [-0.3, -0.25) is 4.90 Å². The van der Waals surface area contributed by atoms with Crippen molar-refractivity contribution >= 4 is 0 Å². The fourth-order valence-electron chi connectivity index (χ4n) is 2.61. The molecule has 124 valence electrons. The molecule has 1 fully saturated rings. The Morgan fingerprint density at radius 1 is 1.14 bits per heavy atom. The number of nitrogens with one attached hydrogen (secondary N) is 1. The summed E-state index contributed by atoms with van der Waals surface area (Å²) < 4.78 is 68.1. The van der Waals surface area contributed by atoms with Crippen LogP contribution in [0.4, 0.5) is 22.0 Å². The Hall–Kier alpha value is -1.41. The van der Waals surface area contributed by atoms with Crippen molar-refractivity contribution in [2.24, 2.45) is 0 Å². The fourth-order valence-corrected chi connectivity index (χ4v) is 2.61. The van der Waals surface area contributed by atoms with E-state index in [0.29, 0.717) is 26.2 Å². The van der Waals surface area contributed by atoms with Gasteiger partial charge in [-0.15, -0.1) is 0 Å². The maximum atomic E-state index is 12.9. The van der Waals surface area contributed by atoms with Crippen molar-refractivity contribution < 1.29 is 26.7 Å². The number of benzene rings is 1. The zero-order valence-electron chi connectivity index (χ0n) is 11.7. The van der Waals surface area contributed by atoms with Gasteiger partial charge in [0.15, 0.2) is 0 Å². The van der Waals surface area contributed by atoms with E-state index in [9.17, 15) is 22.0 Å². The molecule has 1 heterocycles. The third kappa shape index (κ3) is 4.81. The number of halogens is 5. The van der Waals surface area contributed by atoms with Crippen LogP contribution in [0.5, 0.6) is 5.75 Å². The predicted molar refractivity (Wildman–Crippen MR) is 70.9 cm³/mol. The summed E-state index contributed by atoms with van der Waals surface area (Å²) in [5.41, 5.74) is 0.141. The molecule has 2 rings (SSSR count). The molecule has 1 aromatic rings. The van der Waals surface area contributed by atoms with Crippen molar-refractivity contribution in [3.63, 3.8) is 0 Å². The van der Waals surface area contributed by atoms with E-state index in [2.05, 4.69) is 10.1 Å². The van der Waals surface area contributed by atoms with Crippen molar-refractivity contribution in [2.75, 3.05) is 26.2 Å². The summed E-state index contributed by atoms with van der Waals surface area (Å²) >= 11 is 0. The highest BCUT2D eigenvalue weighted by Gasteiger charge is 2.37. The van der Waals surface area contributed by atoms with Gasteiger partial charge in [-0.25, -0.2) is 0 Å². The average Bonchev–Trinajstić information content (AvgIpc) is 2.45. The number of ether oxygens (including phenoxy) is 1. The second-order valence-electron chi connectivity index (χ2n) is 5.04. The van der Waals surface area contributed by atoms with E-state index in [4.69, 9.17) is 0 Å². The molecule has 1 aliphatic rings. The summed E-state index contributed by atoms with van der Waals surface area (Å²) in [4.78, 5) is 1.65. The Morgan fingerprint density at radius 2 is 1.77 bits per heavy atom. The molecule has 0 spiro atoms. The topological polar surface area (TPSA) is 24.5 Å².